The van der Waals surface area contributed by atoms with Crippen molar-refractivity contribution in [2.75, 3.05) is 26.4 Å². The van der Waals surface area contributed by atoms with Crippen LogP contribution in [-0.2, 0) is 14.3 Å². The smallest absolute Gasteiger partial charge is 0.310 e. The van der Waals surface area contributed by atoms with Crippen LogP contribution in [0, 0.1) is 11.3 Å². The molecule has 19 heavy (non-hydrogen) atoms. The first-order valence-electron chi connectivity index (χ1n) is 6.54. The molecule has 0 radical (unpaired) electrons. The van der Waals surface area contributed by atoms with Gasteiger partial charge in [-0.15, -0.1) is 0 Å². The number of aliphatic hydroxyl groups is 1. The van der Waals surface area contributed by atoms with Crippen LogP contribution in [0.2, 0.25) is 0 Å². The number of amides is 1. The van der Waals surface area contributed by atoms with E-state index in [9.17, 15) is 19.8 Å². The van der Waals surface area contributed by atoms with E-state index in [0.29, 0.717) is 19.8 Å². The minimum absolute atomic E-state index is 0.0590. The molecule has 110 valence electrons. The molecule has 0 aromatic rings. The highest BCUT2D eigenvalue weighted by atomic mass is 16.5. The van der Waals surface area contributed by atoms with Crippen molar-refractivity contribution in [2.24, 2.45) is 11.3 Å². The number of carbonyl (C=O) groups excluding carboxylic acids is 1. The normalized spacial score (nSPS) is 23.2. The Labute approximate surface area is 113 Å². The van der Waals surface area contributed by atoms with Crippen molar-refractivity contribution >= 4 is 11.9 Å². The Bertz CT molecular complexity index is 344. The highest BCUT2D eigenvalue weighted by molar-refractivity contribution is 5.85. The summed E-state index contributed by atoms with van der Waals surface area (Å²) < 4.78 is 5.21. The SMILES string of the molecule is CC(C)C(C)(CC(=O)N1CCOCC1CO)C(=O)O. The number of rotatable bonds is 5. The number of nitrogens with zero attached hydrogens (tertiary/aromatic N) is 1. The predicted molar refractivity (Wildman–Crippen MR) is 68.6 cm³/mol. The molecular weight excluding hydrogens is 250 g/mol. The number of aliphatic hydroxyl groups excluding tert-OH is 1. The van der Waals surface area contributed by atoms with Gasteiger partial charge in [-0.2, -0.15) is 0 Å². The van der Waals surface area contributed by atoms with Gasteiger partial charge in [0, 0.05) is 13.0 Å². The summed E-state index contributed by atoms with van der Waals surface area (Å²) in [4.78, 5) is 25.2. The second kappa shape index (κ2) is 6.34. The number of carbonyl (C=O) groups is 2. The highest BCUT2D eigenvalue weighted by Gasteiger charge is 2.41. The zero-order valence-electron chi connectivity index (χ0n) is 11.8. The monoisotopic (exact) mass is 273 g/mol. The van der Waals surface area contributed by atoms with Gasteiger partial charge in [-0.3, -0.25) is 9.59 Å². The van der Waals surface area contributed by atoms with Crippen LogP contribution < -0.4 is 0 Å². The fourth-order valence-electron chi connectivity index (χ4n) is 2.08. The lowest BCUT2D eigenvalue weighted by atomic mass is 9.76. The molecule has 2 N–H and O–H groups in total. The maximum absolute atomic E-state index is 12.3. The minimum Gasteiger partial charge on any atom is -0.481 e. The largest absolute Gasteiger partial charge is 0.481 e. The lowest BCUT2D eigenvalue weighted by Gasteiger charge is -2.37. The molecule has 1 rings (SSSR count). The standard InChI is InChI=1S/C13H23NO5/c1-9(2)13(3,12(17)18)6-11(16)14-4-5-19-8-10(14)7-15/h9-10,15H,4-8H2,1-3H3,(H,17,18). The fourth-order valence-corrected chi connectivity index (χ4v) is 2.08. The number of hydrogen-bond acceptors (Lipinski definition) is 4. The molecule has 0 spiro atoms. The van der Waals surface area contributed by atoms with E-state index in [-0.39, 0.29) is 30.9 Å². The molecule has 1 heterocycles. The zero-order valence-corrected chi connectivity index (χ0v) is 11.8. The first kappa shape index (κ1) is 15.9. The quantitative estimate of drug-likeness (QED) is 0.754. The molecule has 1 amide bonds. The maximum atomic E-state index is 12.3. The van der Waals surface area contributed by atoms with Crippen molar-refractivity contribution in [1.82, 2.24) is 4.90 Å². The molecule has 1 aliphatic heterocycles. The van der Waals surface area contributed by atoms with E-state index in [2.05, 4.69) is 0 Å². The number of hydrogen-bond donors (Lipinski definition) is 2. The third kappa shape index (κ3) is 3.45. The first-order chi connectivity index (χ1) is 8.82. The van der Waals surface area contributed by atoms with Crippen LogP contribution in [0.5, 0.6) is 0 Å². The number of aliphatic carboxylic acids is 1. The van der Waals surface area contributed by atoms with Crippen LogP contribution >= 0.6 is 0 Å². The van der Waals surface area contributed by atoms with Crippen LogP contribution in [0.1, 0.15) is 27.2 Å². The average Bonchev–Trinajstić information content (AvgIpc) is 2.37. The Morgan fingerprint density at radius 2 is 2.11 bits per heavy atom. The van der Waals surface area contributed by atoms with Crippen LogP contribution in [0.25, 0.3) is 0 Å². The van der Waals surface area contributed by atoms with E-state index >= 15 is 0 Å². The van der Waals surface area contributed by atoms with Crippen LogP contribution in [0.3, 0.4) is 0 Å². The molecule has 0 saturated carbocycles. The van der Waals surface area contributed by atoms with E-state index in [1.165, 1.54) is 4.90 Å². The summed E-state index contributed by atoms with van der Waals surface area (Å²) in [5.74, 6) is -1.35. The van der Waals surface area contributed by atoms with Crippen molar-refractivity contribution in [3.8, 4) is 0 Å². The van der Waals surface area contributed by atoms with Gasteiger partial charge in [0.2, 0.25) is 5.91 Å². The Morgan fingerprint density at radius 1 is 1.47 bits per heavy atom. The third-order valence-corrected chi connectivity index (χ3v) is 4.04. The van der Waals surface area contributed by atoms with Gasteiger partial charge in [0.05, 0.1) is 31.3 Å². The highest BCUT2D eigenvalue weighted by Crippen LogP contribution is 2.32. The molecule has 1 aliphatic rings. The topological polar surface area (TPSA) is 87.1 Å². The summed E-state index contributed by atoms with van der Waals surface area (Å²) >= 11 is 0. The van der Waals surface area contributed by atoms with E-state index < -0.39 is 11.4 Å². The van der Waals surface area contributed by atoms with Gasteiger partial charge in [-0.25, -0.2) is 0 Å². The summed E-state index contributed by atoms with van der Waals surface area (Å²) in [6.45, 7) is 6.14. The number of morpholine rings is 1. The minimum atomic E-state index is -1.09. The Hall–Kier alpha value is -1.14. The summed E-state index contributed by atoms with van der Waals surface area (Å²) in [5, 5.41) is 18.6. The van der Waals surface area contributed by atoms with Crippen LogP contribution in [0.4, 0.5) is 0 Å². The molecule has 1 fully saturated rings. The summed E-state index contributed by atoms with van der Waals surface area (Å²) in [6.07, 6.45) is -0.0590. The number of ether oxygens (including phenoxy) is 1. The number of carboxylic acids is 1. The molecule has 0 aromatic heterocycles. The van der Waals surface area contributed by atoms with E-state index in [1.54, 1.807) is 20.8 Å². The maximum Gasteiger partial charge on any atom is 0.310 e. The van der Waals surface area contributed by atoms with Crippen molar-refractivity contribution in [3.63, 3.8) is 0 Å². The lowest BCUT2D eigenvalue weighted by molar-refractivity contribution is -0.158. The molecule has 2 unspecified atom stereocenters. The van der Waals surface area contributed by atoms with Crippen molar-refractivity contribution in [1.29, 1.82) is 0 Å². The third-order valence-electron chi connectivity index (χ3n) is 4.04. The van der Waals surface area contributed by atoms with Gasteiger partial charge in [-0.05, 0) is 12.8 Å². The number of carboxylic acid groups (broad SMARTS) is 1. The van der Waals surface area contributed by atoms with Gasteiger partial charge in [0.25, 0.3) is 0 Å². The van der Waals surface area contributed by atoms with Crippen molar-refractivity contribution in [3.05, 3.63) is 0 Å². The Morgan fingerprint density at radius 3 is 2.58 bits per heavy atom. The Kier molecular flexibility index (Phi) is 5.31. The second-order valence-corrected chi connectivity index (χ2v) is 5.55. The molecule has 0 aliphatic carbocycles. The van der Waals surface area contributed by atoms with Gasteiger partial charge in [0.1, 0.15) is 0 Å². The molecular formula is C13H23NO5. The molecule has 0 aromatic carbocycles. The molecule has 6 heteroatoms. The molecule has 2 atom stereocenters. The molecule has 1 saturated heterocycles. The van der Waals surface area contributed by atoms with Crippen LogP contribution in [-0.4, -0.2) is 59.4 Å². The fraction of sp³-hybridized carbons (Fsp3) is 0.846. The summed E-state index contributed by atoms with van der Waals surface area (Å²) in [7, 11) is 0. The summed E-state index contributed by atoms with van der Waals surface area (Å²) in [5.41, 5.74) is -1.09. The van der Waals surface area contributed by atoms with Crippen LogP contribution in [0.15, 0.2) is 0 Å². The van der Waals surface area contributed by atoms with E-state index in [0.717, 1.165) is 0 Å². The van der Waals surface area contributed by atoms with Crippen molar-refractivity contribution in [2.45, 2.75) is 33.2 Å². The summed E-state index contributed by atoms with van der Waals surface area (Å²) in [6, 6.07) is -0.369. The van der Waals surface area contributed by atoms with E-state index in [1.807, 2.05) is 0 Å². The Balaban J connectivity index is 2.79. The lowest BCUT2D eigenvalue weighted by Crippen LogP contribution is -2.52. The molecule has 6 nitrogen and oxygen atoms in total. The molecule has 0 bridgehead atoms. The average molecular weight is 273 g/mol. The first-order valence-corrected chi connectivity index (χ1v) is 6.54. The van der Waals surface area contributed by atoms with Crippen molar-refractivity contribution < 1.29 is 24.5 Å². The van der Waals surface area contributed by atoms with Gasteiger partial charge in [0.15, 0.2) is 0 Å². The van der Waals surface area contributed by atoms with Gasteiger partial charge >= 0.3 is 5.97 Å². The predicted octanol–water partition coefficient (Wildman–Crippen LogP) is 0.343. The van der Waals surface area contributed by atoms with E-state index in [4.69, 9.17) is 4.74 Å². The van der Waals surface area contributed by atoms with Gasteiger partial charge < -0.3 is 19.8 Å². The van der Waals surface area contributed by atoms with Gasteiger partial charge in [-0.1, -0.05) is 13.8 Å². The zero-order chi connectivity index (χ0) is 14.6. The second-order valence-electron chi connectivity index (χ2n) is 5.55.